The zero-order chi connectivity index (χ0) is 15.6. The number of aliphatic hydroxyl groups is 1. The smallest absolute Gasteiger partial charge is 0.134 e. The number of nitrogens with one attached hydrogen (secondary N) is 1. The minimum atomic E-state index is 0.198. The second-order valence-corrected chi connectivity index (χ2v) is 7.54. The van der Waals surface area contributed by atoms with Gasteiger partial charge in [-0.1, -0.05) is 20.3 Å². The van der Waals surface area contributed by atoms with E-state index in [-0.39, 0.29) is 12.6 Å². The quantitative estimate of drug-likeness (QED) is 0.895. The molecule has 3 rings (SSSR count). The van der Waals surface area contributed by atoms with Crippen LogP contribution >= 0.6 is 0 Å². The minimum Gasteiger partial charge on any atom is -0.394 e. The van der Waals surface area contributed by atoms with E-state index in [1.807, 2.05) is 6.07 Å². The molecule has 0 bridgehead atoms. The van der Waals surface area contributed by atoms with Crippen LogP contribution in [0.15, 0.2) is 12.4 Å². The Bertz CT molecular complexity index is 505. The first-order valence-corrected chi connectivity index (χ1v) is 8.53. The zero-order valence-electron chi connectivity index (χ0n) is 13.8. The van der Waals surface area contributed by atoms with Crippen molar-refractivity contribution in [2.24, 2.45) is 5.41 Å². The SMILES string of the molecule is CC1(C)CCCC(Nc2cc(N3CCCC3CO)ncn2)C1. The van der Waals surface area contributed by atoms with E-state index < -0.39 is 0 Å². The van der Waals surface area contributed by atoms with Crippen LogP contribution in [0.3, 0.4) is 0 Å². The van der Waals surface area contributed by atoms with Crippen molar-refractivity contribution in [2.75, 3.05) is 23.4 Å². The number of anilines is 2. The van der Waals surface area contributed by atoms with Gasteiger partial charge >= 0.3 is 0 Å². The molecule has 1 aliphatic carbocycles. The summed E-state index contributed by atoms with van der Waals surface area (Å²) in [5.74, 6) is 1.85. The molecule has 5 heteroatoms. The molecule has 2 unspecified atom stereocenters. The fourth-order valence-electron chi connectivity index (χ4n) is 3.94. The van der Waals surface area contributed by atoms with Gasteiger partial charge in [-0.2, -0.15) is 0 Å². The summed E-state index contributed by atoms with van der Waals surface area (Å²) in [6, 6.07) is 2.74. The molecule has 2 atom stereocenters. The fourth-order valence-corrected chi connectivity index (χ4v) is 3.94. The predicted octanol–water partition coefficient (Wildman–Crippen LogP) is 2.82. The zero-order valence-corrected chi connectivity index (χ0v) is 13.8. The first-order chi connectivity index (χ1) is 10.6. The average molecular weight is 304 g/mol. The number of nitrogens with zero attached hydrogens (tertiary/aromatic N) is 3. The molecule has 2 fully saturated rings. The van der Waals surface area contributed by atoms with Gasteiger partial charge in [0.2, 0.25) is 0 Å². The molecule has 0 radical (unpaired) electrons. The van der Waals surface area contributed by atoms with Crippen LogP contribution < -0.4 is 10.2 Å². The molecule has 1 aromatic heterocycles. The monoisotopic (exact) mass is 304 g/mol. The Morgan fingerprint density at radius 3 is 2.95 bits per heavy atom. The van der Waals surface area contributed by atoms with Crippen molar-refractivity contribution in [3.8, 4) is 0 Å². The van der Waals surface area contributed by atoms with Gasteiger partial charge in [-0.05, 0) is 37.5 Å². The molecule has 122 valence electrons. The molecule has 0 spiro atoms. The number of rotatable bonds is 4. The van der Waals surface area contributed by atoms with Crippen molar-refractivity contribution in [3.05, 3.63) is 12.4 Å². The molecule has 22 heavy (non-hydrogen) atoms. The van der Waals surface area contributed by atoms with Gasteiger partial charge in [-0.25, -0.2) is 9.97 Å². The summed E-state index contributed by atoms with van der Waals surface area (Å²) in [6.07, 6.45) is 8.79. The number of aromatic nitrogens is 2. The van der Waals surface area contributed by atoms with Crippen molar-refractivity contribution < 1.29 is 5.11 Å². The Morgan fingerprint density at radius 2 is 2.18 bits per heavy atom. The van der Waals surface area contributed by atoms with Gasteiger partial charge in [0, 0.05) is 18.7 Å². The van der Waals surface area contributed by atoms with E-state index in [9.17, 15) is 5.11 Å². The number of hydrogen-bond donors (Lipinski definition) is 2. The van der Waals surface area contributed by atoms with Crippen LogP contribution in [-0.2, 0) is 0 Å². The van der Waals surface area contributed by atoms with E-state index >= 15 is 0 Å². The largest absolute Gasteiger partial charge is 0.394 e. The van der Waals surface area contributed by atoms with Crippen molar-refractivity contribution in [1.29, 1.82) is 0 Å². The minimum absolute atomic E-state index is 0.198. The lowest BCUT2D eigenvalue weighted by Crippen LogP contribution is -2.33. The molecular weight excluding hydrogens is 276 g/mol. The molecule has 1 aromatic rings. The first kappa shape index (κ1) is 15.5. The fraction of sp³-hybridized carbons (Fsp3) is 0.765. The number of aliphatic hydroxyl groups excluding tert-OH is 1. The van der Waals surface area contributed by atoms with Gasteiger partial charge < -0.3 is 15.3 Å². The average Bonchev–Trinajstić information content (AvgIpc) is 2.95. The first-order valence-electron chi connectivity index (χ1n) is 8.53. The van der Waals surface area contributed by atoms with Crippen molar-refractivity contribution in [3.63, 3.8) is 0 Å². The van der Waals surface area contributed by atoms with Crippen LogP contribution in [0.4, 0.5) is 11.6 Å². The summed E-state index contributed by atoms with van der Waals surface area (Å²) in [6.45, 7) is 5.87. The Morgan fingerprint density at radius 1 is 1.32 bits per heavy atom. The summed E-state index contributed by atoms with van der Waals surface area (Å²) < 4.78 is 0. The van der Waals surface area contributed by atoms with Gasteiger partial charge in [-0.15, -0.1) is 0 Å². The summed E-state index contributed by atoms with van der Waals surface area (Å²) in [7, 11) is 0. The molecule has 2 aliphatic rings. The lowest BCUT2D eigenvalue weighted by atomic mass is 9.75. The van der Waals surface area contributed by atoms with Crippen LogP contribution in [0.2, 0.25) is 0 Å². The Hall–Kier alpha value is -1.36. The van der Waals surface area contributed by atoms with Crippen molar-refractivity contribution in [1.82, 2.24) is 9.97 Å². The molecular formula is C17H28N4O. The van der Waals surface area contributed by atoms with E-state index in [1.165, 1.54) is 25.7 Å². The Kier molecular flexibility index (Phi) is 4.52. The highest BCUT2D eigenvalue weighted by atomic mass is 16.3. The van der Waals surface area contributed by atoms with Gasteiger partial charge in [-0.3, -0.25) is 0 Å². The van der Waals surface area contributed by atoms with E-state index in [4.69, 9.17) is 0 Å². The molecule has 5 nitrogen and oxygen atoms in total. The molecule has 2 heterocycles. The molecule has 1 saturated heterocycles. The second kappa shape index (κ2) is 6.41. The highest BCUT2D eigenvalue weighted by molar-refractivity contribution is 5.50. The van der Waals surface area contributed by atoms with E-state index in [0.717, 1.165) is 31.0 Å². The van der Waals surface area contributed by atoms with Crippen LogP contribution in [0, 0.1) is 5.41 Å². The highest BCUT2D eigenvalue weighted by Gasteiger charge is 2.29. The Labute approximate surface area is 133 Å². The normalized spacial score (nSPS) is 27.9. The second-order valence-electron chi connectivity index (χ2n) is 7.54. The molecule has 1 aliphatic heterocycles. The summed E-state index contributed by atoms with van der Waals surface area (Å²) >= 11 is 0. The lowest BCUT2D eigenvalue weighted by Gasteiger charge is -2.35. The van der Waals surface area contributed by atoms with Crippen molar-refractivity contribution >= 4 is 11.6 Å². The van der Waals surface area contributed by atoms with Crippen molar-refractivity contribution in [2.45, 2.75) is 64.5 Å². The maximum Gasteiger partial charge on any atom is 0.134 e. The van der Waals surface area contributed by atoms with E-state index in [1.54, 1.807) is 6.33 Å². The van der Waals surface area contributed by atoms with Crippen LogP contribution in [0.25, 0.3) is 0 Å². The molecule has 1 saturated carbocycles. The topological polar surface area (TPSA) is 61.3 Å². The van der Waals surface area contributed by atoms with E-state index in [0.29, 0.717) is 11.5 Å². The third kappa shape index (κ3) is 3.51. The van der Waals surface area contributed by atoms with Gasteiger partial charge in [0.25, 0.3) is 0 Å². The third-order valence-corrected chi connectivity index (χ3v) is 5.09. The van der Waals surface area contributed by atoms with E-state index in [2.05, 4.69) is 34.0 Å². The maximum absolute atomic E-state index is 9.49. The molecule has 2 N–H and O–H groups in total. The standard InChI is InChI=1S/C17H28N4O/c1-17(2)7-3-5-13(10-17)20-15-9-16(19-12-18-15)21-8-4-6-14(21)11-22/h9,12-14,22H,3-8,10-11H2,1-2H3,(H,18,19,20). The van der Waals surface area contributed by atoms with Crippen LogP contribution in [-0.4, -0.2) is 40.3 Å². The van der Waals surface area contributed by atoms with Crippen LogP contribution in [0.1, 0.15) is 52.4 Å². The van der Waals surface area contributed by atoms with Crippen LogP contribution in [0.5, 0.6) is 0 Å². The van der Waals surface area contributed by atoms with Gasteiger partial charge in [0.05, 0.1) is 12.6 Å². The molecule has 0 amide bonds. The lowest BCUT2D eigenvalue weighted by molar-refractivity contribution is 0.229. The Balaban J connectivity index is 1.69. The summed E-state index contributed by atoms with van der Waals surface area (Å²) in [5.41, 5.74) is 0.419. The van der Waals surface area contributed by atoms with Gasteiger partial charge in [0.1, 0.15) is 18.0 Å². The third-order valence-electron chi connectivity index (χ3n) is 5.09. The highest BCUT2D eigenvalue weighted by Crippen LogP contribution is 2.36. The molecule has 0 aromatic carbocycles. The number of hydrogen-bond acceptors (Lipinski definition) is 5. The predicted molar refractivity (Wildman–Crippen MR) is 89.1 cm³/mol. The van der Waals surface area contributed by atoms with Gasteiger partial charge in [0.15, 0.2) is 0 Å². The summed E-state index contributed by atoms with van der Waals surface area (Å²) in [4.78, 5) is 11.0. The maximum atomic E-state index is 9.49. The summed E-state index contributed by atoms with van der Waals surface area (Å²) in [5, 5.41) is 13.1.